The third-order valence-electron chi connectivity index (χ3n) is 3.18. The third kappa shape index (κ3) is 4.67. The molecule has 2 rings (SSSR count). The first-order chi connectivity index (χ1) is 9.87. The minimum absolute atomic E-state index is 0.0204. The SMILES string of the molecule is CN1CC(CNS(=O)(=O)Cc2ccccc2Cl)OCC1=O. The molecule has 0 saturated carbocycles. The van der Waals surface area contributed by atoms with Gasteiger partial charge >= 0.3 is 0 Å². The molecular weight excluding hydrogens is 316 g/mol. The van der Waals surface area contributed by atoms with Gasteiger partial charge in [0.2, 0.25) is 15.9 Å². The summed E-state index contributed by atoms with van der Waals surface area (Å²) in [5.74, 6) is -0.293. The van der Waals surface area contributed by atoms with Crippen LogP contribution < -0.4 is 4.72 Å². The van der Waals surface area contributed by atoms with E-state index in [2.05, 4.69) is 4.72 Å². The lowest BCUT2D eigenvalue weighted by molar-refractivity contribution is -0.146. The Kier molecular flexibility index (Phi) is 5.21. The molecular formula is C13H17ClN2O4S. The van der Waals surface area contributed by atoms with Crippen molar-refractivity contribution in [3.63, 3.8) is 0 Å². The second-order valence-corrected chi connectivity index (χ2v) is 7.12. The zero-order valence-corrected chi connectivity index (χ0v) is 13.2. The zero-order chi connectivity index (χ0) is 15.5. The molecule has 1 aliphatic heterocycles. The number of carbonyl (C=O) groups excluding carboxylic acids is 1. The van der Waals surface area contributed by atoms with Crippen LogP contribution in [0.4, 0.5) is 0 Å². The average molecular weight is 333 g/mol. The van der Waals surface area contributed by atoms with E-state index in [1.807, 2.05) is 0 Å². The molecule has 0 aliphatic carbocycles. The number of carbonyl (C=O) groups is 1. The fourth-order valence-electron chi connectivity index (χ4n) is 1.97. The lowest BCUT2D eigenvalue weighted by Crippen LogP contribution is -2.48. The molecule has 1 aromatic carbocycles. The maximum absolute atomic E-state index is 12.0. The van der Waals surface area contributed by atoms with Gasteiger partial charge in [-0.15, -0.1) is 0 Å². The Balaban J connectivity index is 1.90. The van der Waals surface area contributed by atoms with Gasteiger partial charge in [0, 0.05) is 25.2 Å². The Morgan fingerprint density at radius 2 is 2.14 bits per heavy atom. The summed E-state index contributed by atoms with van der Waals surface area (Å²) in [7, 11) is -1.84. The Labute approximate surface area is 129 Å². The van der Waals surface area contributed by atoms with Crippen molar-refractivity contribution in [1.29, 1.82) is 0 Å². The summed E-state index contributed by atoms with van der Waals surface area (Å²) < 4.78 is 31.8. The number of amides is 1. The molecule has 1 fully saturated rings. The number of morpholine rings is 1. The lowest BCUT2D eigenvalue weighted by atomic mass is 10.2. The highest BCUT2D eigenvalue weighted by atomic mass is 35.5. The fraction of sp³-hybridized carbons (Fsp3) is 0.462. The van der Waals surface area contributed by atoms with Gasteiger partial charge in [0.1, 0.15) is 6.61 Å². The van der Waals surface area contributed by atoms with Crippen LogP contribution in [-0.4, -0.2) is 52.1 Å². The van der Waals surface area contributed by atoms with Gasteiger partial charge in [0.15, 0.2) is 0 Å². The largest absolute Gasteiger partial charge is 0.365 e. The molecule has 116 valence electrons. The number of sulfonamides is 1. The van der Waals surface area contributed by atoms with Gasteiger partial charge in [-0.05, 0) is 11.6 Å². The quantitative estimate of drug-likeness (QED) is 0.857. The molecule has 0 spiro atoms. The number of nitrogens with one attached hydrogen (secondary N) is 1. The van der Waals surface area contributed by atoms with E-state index in [-0.39, 0.29) is 30.9 Å². The summed E-state index contributed by atoms with van der Waals surface area (Å²) in [6, 6.07) is 6.80. The molecule has 6 nitrogen and oxygen atoms in total. The van der Waals surface area contributed by atoms with Gasteiger partial charge in [-0.3, -0.25) is 4.79 Å². The van der Waals surface area contributed by atoms with Crippen molar-refractivity contribution in [2.45, 2.75) is 11.9 Å². The summed E-state index contributed by atoms with van der Waals surface area (Å²) in [6.45, 7) is 0.477. The predicted octanol–water partition coefficient (Wildman–Crippen LogP) is 0.617. The van der Waals surface area contributed by atoms with Crippen LogP contribution in [0.15, 0.2) is 24.3 Å². The van der Waals surface area contributed by atoms with Crippen molar-refractivity contribution in [3.05, 3.63) is 34.9 Å². The highest BCUT2D eigenvalue weighted by molar-refractivity contribution is 7.88. The first kappa shape index (κ1) is 16.2. The number of rotatable bonds is 5. The molecule has 0 aromatic heterocycles. The minimum atomic E-state index is -3.51. The summed E-state index contributed by atoms with van der Waals surface area (Å²) in [5, 5.41) is 0.419. The molecule has 1 aromatic rings. The monoisotopic (exact) mass is 332 g/mol. The summed E-state index contributed by atoms with van der Waals surface area (Å²) in [4.78, 5) is 12.8. The standard InChI is InChI=1S/C13H17ClN2O4S/c1-16-7-11(20-8-13(16)17)6-15-21(18,19)9-10-4-2-3-5-12(10)14/h2-5,11,15H,6-9H2,1H3. The van der Waals surface area contributed by atoms with E-state index in [0.717, 1.165) is 0 Å². The molecule has 0 bridgehead atoms. The molecule has 21 heavy (non-hydrogen) atoms. The lowest BCUT2D eigenvalue weighted by Gasteiger charge is -2.29. The topological polar surface area (TPSA) is 75.7 Å². The second-order valence-electron chi connectivity index (χ2n) is 4.91. The Morgan fingerprint density at radius 1 is 1.43 bits per heavy atom. The molecule has 1 aliphatic rings. The van der Waals surface area contributed by atoms with Crippen LogP contribution in [0.25, 0.3) is 0 Å². The van der Waals surface area contributed by atoms with Gasteiger partial charge in [0.05, 0.1) is 11.9 Å². The van der Waals surface area contributed by atoms with Gasteiger partial charge < -0.3 is 9.64 Å². The van der Waals surface area contributed by atoms with Crippen molar-refractivity contribution in [3.8, 4) is 0 Å². The summed E-state index contributed by atoms with van der Waals surface area (Å²) in [5.41, 5.74) is 0.545. The molecule has 1 unspecified atom stereocenters. The van der Waals surface area contributed by atoms with Crippen molar-refractivity contribution in [1.82, 2.24) is 9.62 Å². The molecule has 1 amide bonds. The number of halogens is 1. The first-order valence-electron chi connectivity index (χ1n) is 6.44. The number of nitrogens with zero attached hydrogens (tertiary/aromatic N) is 1. The van der Waals surface area contributed by atoms with E-state index in [0.29, 0.717) is 17.1 Å². The van der Waals surface area contributed by atoms with E-state index < -0.39 is 10.0 Å². The molecule has 1 saturated heterocycles. The van der Waals surface area contributed by atoms with Crippen LogP contribution >= 0.6 is 11.6 Å². The van der Waals surface area contributed by atoms with E-state index in [9.17, 15) is 13.2 Å². The zero-order valence-electron chi connectivity index (χ0n) is 11.6. The number of benzene rings is 1. The summed E-state index contributed by atoms with van der Waals surface area (Å²) >= 11 is 5.95. The number of likely N-dealkylation sites (N-methyl/N-ethyl adjacent to an activating group) is 1. The van der Waals surface area contributed by atoms with Crippen LogP contribution in [0.5, 0.6) is 0 Å². The average Bonchev–Trinajstić information content (AvgIpc) is 2.43. The predicted molar refractivity (Wildman–Crippen MR) is 79.5 cm³/mol. The minimum Gasteiger partial charge on any atom is -0.365 e. The highest BCUT2D eigenvalue weighted by Crippen LogP contribution is 2.17. The molecule has 1 N–H and O–H groups in total. The van der Waals surface area contributed by atoms with Crippen LogP contribution in [-0.2, 0) is 25.3 Å². The van der Waals surface area contributed by atoms with Crippen molar-refractivity contribution in [2.24, 2.45) is 0 Å². The van der Waals surface area contributed by atoms with Crippen molar-refractivity contribution >= 4 is 27.5 Å². The Hall–Kier alpha value is -1.15. The molecule has 8 heteroatoms. The van der Waals surface area contributed by atoms with Gasteiger partial charge in [-0.2, -0.15) is 0 Å². The fourth-order valence-corrected chi connectivity index (χ4v) is 3.46. The first-order valence-corrected chi connectivity index (χ1v) is 8.47. The Bertz CT molecular complexity index is 620. The van der Waals surface area contributed by atoms with E-state index in [1.165, 1.54) is 4.90 Å². The van der Waals surface area contributed by atoms with Crippen LogP contribution in [0.1, 0.15) is 5.56 Å². The maximum Gasteiger partial charge on any atom is 0.248 e. The second kappa shape index (κ2) is 6.74. The van der Waals surface area contributed by atoms with Crippen LogP contribution in [0, 0.1) is 0 Å². The normalized spacial score (nSPS) is 19.8. The van der Waals surface area contributed by atoms with Crippen LogP contribution in [0.3, 0.4) is 0 Å². The number of hydrogen-bond acceptors (Lipinski definition) is 4. The van der Waals surface area contributed by atoms with Crippen molar-refractivity contribution in [2.75, 3.05) is 26.7 Å². The third-order valence-corrected chi connectivity index (χ3v) is 4.85. The molecule has 0 radical (unpaired) electrons. The van der Waals surface area contributed by atoms with Gasteiger partial charge in [-0.25, -0.2) is 13.1 Å². The van der Waals surface area contributed by atoms with E-state index in [4.69, 9.17) is 16.3 Å². The van der Waals surface area contributed by atoms with E-state index >= 15 is 0 Å². The highest BCUT2D eigenvalue weighted by Gasteiger charge is 2.25. The summed E-state index contributed by atoms with van der Waals surface area (Å²) in [6.07, 6.45) is -0.339. The smallest absolute Gasteiger partial charge is 0.248 e. The molecule has 1 heterocycles. The van der Waals surface area contributed by atoms with E-state index in [1.54, 1.807) is 31.3 Å². The number of hydrogen-bond donors (Lipinski definition) is 1. The maximum atomic E-state index is 12.0. The Morgan fingerprint density at radius 3 is 2.81 bits per heavy atom. The van der Waals surface area contributed by atoms with Gasteiger partial charge in [-0.1, -0.05) is 29.8 Å². The van der Waals surface area contributed by atoms with Gasteiger partial charge in [0.25, 0.3) is 0 Å². The molecule has 1 atom stereocenters. The van der Waals surface area contributed by atoms with Crippen molar-refractivity contribution < 1.29 is 17.9 Å². The van der Waals surface area contributed by atoms with Crippen LogP contribution in [0.2, 0.25) is 5.02 Å². The number of ether oxygens (including phenoxy) is 1.